The van der Waals surface area contributed by atoms with Crippen molar-refractivity contribution in [2.45, 2.75) is 124 Å². The van der Waals surface area contributed by atoms with E-state index in [1.54, 1.807) is 0 Å². The first-order valence-corrected chi connectivity index (χ1v) is 20.5. The smallest absolute Gasteiger partial charge is 0.127 e. The summed E-state index contributed by atoms with van der Waals surface area (Å²) >= 11 is 0. The van der Waals surface area contributed by atoms with Crippen molar-refractivity contribution < 1.29 is 4.74 Å². The van der Waals surface area contributed by atoms with Gasteiger partial charge in [-0.05, 0) is 82.4 Å². The van der Waals surface area contributed by atoms with Crippen LogP contribution >= 0.6 is 8.58 Å². The van der Waals surface area contributed by atoms with Crippen LogP contribution in [0, 0.1) is 6.92 Å². The van der Waals surface area contributed by atoms with Crippen molar-refractivity contribution in [3.8, 4) is 5.75 Å². The van der Waals surface area contributed by atoms with E-state index in [1.165, 1.54) is 69.3 Å². The monoisotopic (exact) mass is 711 g/mol. The number of para-hydroxylation sites is 2. The predicted octanol–water partition coefficient (Wildman–Crippen LogP) is 13.7. The van der Waals surface area contributed by atoms with Gasteiger partial charge in [0.1, 0.15) is 12.4 Å². The normalized spacial score (nSPS) is 13.3. The largest absolute Gasteiger partial charge is 0.488 e. The Labute approximate surface area is 317 Å². The standard InChI is InChI=1S/C49H62NOP/c1-10-12-22-32-49(11-2,44-34-40(47(4,5)6)33-43(48(7,8)9)45(44)51-36-38-25-16-13-17-26-38)52-46-37(3)24-23-27-39(46)35-50(41-28-18-14-19-29-41)42-30-20-15-21-31-42/h13-21,23-31,33-34,52H,10-12,22,32,35-36H2,1-9H3. The van der Waals surface area contributed by atoms with Crippen LogP contribution < -0.4 is 14.9 Å². The first kappa shape index (κ1) is 39.3. The number of hydrogen-bond acceptors (Lipinski definition) is 2. The summed E-state index contributed by atoms with van der Waals surface area (Å²) in [4.78, 5) is 2.47. The fraction of sp³-hybridized carbons (Fsp3) is 0.388. The molecule has 0 N–H and O–H groups in total. The molecule has 0 heterocycles. The molecule has 0 saturated heterocycles. The van der Waals surface area contributed by atoms with Gasteiger partial charge in [-0.1, -0.05) is 180 Å². The van der Waals surface area contributed by atoms with E-state index >= 15 is 0 Å². The molecule has 0 spiro atoms. The lowest BCUT2D eigenvalue weighted by atomic mass is 9.76. The Balaban J connectivity index is 1.72. The van der Waals surface area contributed by atoms with Gasteiger partial charge in [0, 0.05) is 34.2 Å². The SMILES string of the molecule is CCCCCC(CC)(Pc1c(C)cccc1CN(c1ccccc1)c1ccccc1)c1cc(C(C)(C)C)cc(C(C)(C)C)c1OCc1ccccc1. The highest BCUT2D eigenvalue weighted by Gasteiger charge is 2.38. The van der Waals surface area contributed by atoms with Gasteiger partial charge in [0.15, 0.2) is 0 Å². The van der Waals surface area contributed by atoms with E-state index in [4.69, 9.17) is 4.74 Å². The lowest BCUT2D eigenvalue weighted by Gasteiger charge is -2.40. The zero-order chi connectivity index (χ0) is 37.4. The predicted molar refractivity (Wildman–Crippen MR) is 229 cm³/mol. The highest BCUT2D eigenvalue weighted by molar-refractivity contribution is 7.48. The molecule has 0 aliphatic heterocycles. The summed E-state index contributed by atoms with van der Waals surface area (Å²) in [6, 6.07) is 44.3. The molecule has 0 radical (unpaired) electrons. The van der Waals surface area contributed by atoms with Crippen LogP contribution in [-0.2, 0) is 29.1 Å². The maximum atomic E-state index is 7.14. The van der Waals surface area contributed by atoms with Crippen LogP contribution in [0.5, 0.6) is 5.75 Å². The van der Waals surface area contributed by atoms with Crippen LogP contribution in [0.2, 0.25) is 0 Å². The van der Waals surface area contributed by atoms with E-state index in [9.17, 15) is 0 Å². The molecule has 0 amide bonds. The number of anilines is 2. The van der Waals surface area contributed by atoms with Crippen molar-refractivity contribution in [3.05, 3.63) is 155 Å². The Bertz CT molecular complexity index is 1810. The van der Waals surface area contributed by atoms with Gasteiger partial charge < -0.3 is 9.64 Å². The lowest BCUT2D eigenvalue weighted by Crippen LogP contribution is -2.29. The number of nitrogens with zero attached hydrogens (tertiary/aromatic N) is 1. The average Bonchev–Trinajstić information content (AvgIpc) is 3.13. The van der Waals surface area contributed by atoms with Crippen molar-refractivity contribution in [2.24, 2.45) is 0 Å². The third-order valence-electron chi connectivity index (χ3n) is 10.5. The van der Waals surface area contributed by atoms with E-state index < -0.39 is 0 Å². The van der Waals surface area contributed by atoms with Crippen molar-refractivity contribution in [1.82, 2.24) is 0 Å². The molecular formula is C49H62NOP. The molecule has 0 aliphatic rings. The van der Waals surface area contributed by atoms with Crippen LogP contribution in [0.4, 0.5) is 11.4 Å². The minimum absolute atomic E-state index is 0.00157. The summed E-state index contributed by atoms with van der Waals surface area (Å²) in [5, 5.41) is 1.40. The van der Waals surface area contributed by atoms with Crippen LogP contribution in [0.1, 0.15) is 121 Å². The summed E-state index contributed by atoms with van der Waals surface area (Å²) in [7, 11) is 0.587. The highest BCUT2D eigenvalue weighted by Crippen LogP contribution is 2.55. The van der Waals surface area contributed by atoms with Gasteiger partial charge in [-0.25, -0.2) is 0 Å². The molecule has 0 fully saturated rings. The summed E-state index contributed by atoms with van der Waals surface area (Å²) in [6.07, 6.45) is 5.80. The fourth-order valence-corrected chi connectivity index (χ4v) is 9.13. The van der Waals surface area contributed by atoms with E-state index in [0.29, 0.717) is 15.2 Å². The number of unbranched alkanes of at least 4 members (excludes halogenated alkanes) is 2. The highest BCUT2D eigenvalue weighted by atomic mass is 31.1. The topological polar surface area (TPSA) is 12.5 Å². The lowest BCUT2D eigenvalue weighted by molar-refractivity contribution is 0.288. The Morgan fingerprint density at radius 2 is 1.21 bits per heavy atom. The molecule has 2 atom stereocenters. The Hall–Kier alpha value is -3.87. The van der Waals surface area contributed by atoms with Crippen LogP contribution in [0.25, 0.3) is 0 Å². The number of aryl methyl sites for hydroxylation is 1. The third-order valence-corrected chi connectivity index (χ3v) is 12.8. The number of ether oxygens (including phenoxy) is 1. The van der Waals surface area contributed by atoms with Crippen LogP contribution in [-0.4, -0.2) is 0 Å². The summed E-state index contributed by atoms with van der Waals surface area (Å²) in [6.45, 7) is 22.6. The quantitative estimate of drug-likeness (QED) is 0.0792. The maximum absolute atomic E-state index is 7.14. The molecule has 2 unspecified atom stereocenters. The number of benzene rings is 5. The van der Waals surface area contributed by atoms with Crippen molar-refractivity contribution in [3.63, 3.8) is 0 Å². The molecule has 274 valence electrons. The minimum atomic E-state index is -0.0896. The average molecular weight is 712 g/mol. The van der Waals surface area contributed by atoms with Gasteiger partial charge in [-0.15, -0.1) is 0 Å². The number of hydrogen-bond donors (Lipinski definition) is 0. The van der Waals surface area contributed by atoms with Gasteiger partial charge >= 0.3 is 0 Å². The van der Waals surface area contributed by atoms with Crippen molar-refractivity contribution in [2.75, 3.05) is 4.90 Å². The number of rotatable bonds is 15. The van der Waals surface area contributed by atoms with Crippen LogP contribution in [0.15, 0.2) is 121 Å². The van der Waals surface area contributed by atoms with Gasteiger partial charge in [0.25, 0.3) is 0 Å². The second kappa shape index (κ2) is 17.3. The molecule has 2 nitrogen and oxygen atoms in total. The Morgan fingerprint density at radius 1 is 0.635 bits per heavy atom. The summed E-state index contributed by atoms with van der Waals surface area (Å²) in [5.41, 5.74) is 10.4. The van der Waals surface area contributed by atoms with E-state index in [2.05, 4.69) is 189 Å². The fourth-order valence-electron chi connectivity index (χ4n) is 7.25. The molecule has 0 saturated carbocycles. The zero-order valence-corrected chi connectivity index (χ0v) is 34.4. The Morgan fingerprint density at radius 3 is 1.75 bits per heavy atom. The molecule has 0 aliphatic carbocycles. The van der Waals surface area contributed by atoms with Gasteiger partial charge in [-0.2, -0.15) is 0 Å². The van der Waals surface area contributed by atoms with E-state index in [1.807, 2.05) is 0 Å². The van der Waals surface area contributed by atoms with Gasteiger partial charge in [-0.3, -0.25) is 0 Å². The maximum Gasteiger partial charge on any atom is 0.127 e. The molecule has 5 rings (SSSR count). The molecule has 52 heavy (non-hydrogen) atoms. The molecule has 5 aromatic carbocycles. The van der Waals surface area contributed by atoms with Crippen molar-refractivity contribution >= 4 is 25.3 Å². The molecule has 0 aromatic heterocycles. The minimum Gasteiger partial charge on any atom is -0.488 e. The first-order valence-electron chi connectivity index (χ1n) is 19.5. The molecule has 0 bridgehead atoms. The summed E-state index contributed by atoms with van der Waals surface area (Å²) in [5.74, 6) is 1.10. The van der Waals surface area contributed by atoms with Crippen LogP contribution in [0.3, 0.4) is 0 Å². The molecular weight excluding hydrogens is 650 g/mol. The third kappa shape index (κ3) is 9.56. The molecule has 3 heteroatoms. The Kier molecular flexibility index (Phi) is 13.1. The van der Waals surface area contributed by atoms with Crippen molar-refractivity contribution in [1.29, 1.82) is 0 Å². The van der Waals surface area contributed by atoms with E-state index in [0.717, 1.165) is 25.1 Å². The molecule has 5 aromatic rings. The van der Waals surface area contributed by atoms with Gasteiger partial charge in [0.05, 0.1) is 0 Å². The van der Waals surface area contributed by atoms with E-state index in [-0.39, 0.29) is 16.0 Å². The second-order valence-corrected chi connectivity index (χ2v) is 18.3. The zero-order valence-electron chi connectivity index (χ0n) is 33.4. The second-order valence-electron chi connectivity index (χ2n) is 16.6. The summed E-state index contributed by atoms with van der Waals surface area (Å²) < 4.78 is 7.14. The van der Waals surface area contributed by atoms with Gasteiger partial charge in [0.2, 0.25) is 0 Å². The first-order chi connectivity index (χ1) is 24.9.